The van der Waals surface area contributed by atoms with Gasteiger partial charge in [-0.1, -0.05) is 35.9 Å². The molecule has 2 heterocycles. The van der Waals surface area contributed by atoms with Gasteiger partial charge in [0.15, 0.2) is 0 Å². The third-order valence-corrected chi connectivity index (χ3v) is 4.70. The Balaban J connectivity index is 1.46. The van der Waals surface area contributed by atoms with Crippen molar-refractivity contribution in [3.8, 4) is 22.5 Å². The van der Waals surface area contributed by atoms with Gasteiger partial charge in [-0.3, -0.25) is 14.4 Å². The fourth-order valence-corrected chi connectivity index (χ4v) is 3.03. The van der Waals surface area contributed by atoms with Crippen LogP contribution in [0.4, 0.5) is 5.69 Å². The Morgan fingerprint density at radius 2 is 1.52 bits per heavy atom. The van der Waals surface area contributed by atoms with Gasteiger partial charge in [-0.15, -0.1) is 0 Å². The molecule has 0 aliphatic carbocycles. The fourth-order valence-electron chi connectivity index (χ4n) is 2.90. The predicted octanol–water partition coefficient (Wildman–Crippen LogP) is 2.95. The first kappa shape index (κ1) is 20.2. The molecule has 0 aliphatic rings. The van der Waals surface area contributed by atoms with E-state index in [4.69, 9.17) is 11.6 Å². The molecular formula is C22H16ClN5O3. The summed E-state index contributed by atoms with van der Waals surface area (Å²) in [4.78, 5) is 35.7. The van der Waals surface area contributed by atoms with E-state index in [1.165, 1.54) is 12.1 Å². The van der Waals surface area contributed by atoms with Crippen LogP contribution >= 0.6 is 11.6 Å². The van der Waals surface area contributed by atoms with Crippen molar-refractivity contribution in [2.24, 2.45) is 0 Å². The lowest BCUT2D eigenvalue weighted by atomic mass is 10.1. The topological polar surface area (TPSA) is 110 Å². The first-order chi connectivity index (χ1) is 15.0. The van der Waals surface area contributed by atoms with E-state index in [0.29, 0.717) is 22.1 Å². The minimum Gasteiger partial charge on any atom is -0.324 e. The average molecular weight is 434 g/mol. The molecule has 0 bridgehead atoms. The summed E-state index contributed by atoms with van der Waals surface area (Å²) in [5.74, 6) is -0.391. The number of hydrogen-bond acceptors (Lipinski definition) is 5. The van der Waals surface area contributed by atoms with E-state index in [9.17, 15) is 14.4 Å². The first-order valence-electron chi connectivity index (χ1n) is 9.28. The number of hydrogen-bond donors (Lipinski definition) is 2. The summed E-state index contributed by atoms with van der Waals surface area (Å²) in [6.45, 7) is -0.233. The van der Waals surface area contributed by atoms with Gasteiger partial charge in [-0.2, -0.15) is 10.2 Å². The molecule has 154 valence electrons. The minimum absolute atomic E-state index is 0.233. The molecule has 0 atom stereocenters. The van der Waals surface area contributed by atoms with Gasteiger partial charge in [-0.25, -0.2) is 9.78 Å². The van der Waals surface area contributed by atoms with Gasteiger partial charge in [0.2, 0.25) is 5.91 Å². The standard InChI is InChI=1S/C22H16ClN5O3/c23-16-5-1-15(2-6-16)19-10-12-22(31)28(27-19)13-21(30)24-17-7-3-14(4-8-17)18-9-11-20(29)26-25-18/h1-12H,13H2,(H,24,30)(H,26,29). The molecule has 0 fully saturated rings. The summed E-state index contributed by atoms with van der Waals surface area (Å²) in [5.41, 5.74) is 2.62. The zero-order valence-electron chi connectivity index (χ0n) is 16.1. The number of halogens is 1. The number of nitrogens with zero attached hydrogens (tertiary/aromatic N) is 3. The van der Waals surface area contributed by atoms with Gasteiger partial charge in [0.1, 0.15) is 6.54 Å². The van der Waals surface area contributed by atoms with Gasteiger partial charge in [0.25, 0.3) is 11.1 Å². The van der Waals surface area contributed by atoms with Crippen molar-refractivity contribution in [2.45, 2.75) is 6.54 Å². The molecule has 2 N–H and O–H groups in total. The highest BCUT2D eigenvalue weighted by Gasteiger charge is 2.09. The third-order valence-electron chi connectivity index (χ3n) is 4.44. The normalized spacial score (nSPS) is 10.6. The molecule has 0 saturated carbocycles. The van der Waals surface area contributed by atoms with Crippen molar-refractivity contribution < 1.29 is 4.79 Å². The Kier molecular flexibility index (Phi) is 5.72. The number of benzene rings is 2. The second-order valence-corrected chi connectivity index (χ2v) is 7.09. The number of nitrogens with one attached hydrogen (secondary N) is 2. The van der Waals surface area contributed by atoms with Crippen LogP contribution in [0.1, 0.15) is 0 Å². The molecule has 2 aromatic heterocycles. The Labute approximate surface area is 181 Å². The molecule has 2 aromatic carbocycles. The monoisotopic (exact) mass is 433 g/mol. The quantitative estimate of drug-likeness (QED) is 0.503. The Morgan fingerprint density at radius 3 is 2.19 bits per heavy atom. The SMILES string of the molecule is O=C(Cn1nc(-c2ccc(Cl)cc2)ccc1=O)Nc1ccc(-c2ccc(=O)[nH]n2)cc1. The second kappa shape index (κ2) is 8.76. The third kappa shape index (κ3) is 4.93. The first-order valence-corrected chi connectivity index (χ1v) is 9.66. The van der Waals surface area contributed by atoms with Crippen LogP contribution in [0.5, 0.6) is 0 Å². The highest BCUT2D eigenvalue weighted by molar-refractivity contribution is 6.30. The number of amides is 1. The lowest BCUT2D eigenvalue weighted by Gasteiger charge is -2.09. The molecule has 0 aliphatic heterocycles. The molecular weight excluding hydrogens is 418 g/mol. The van der Waals surface area contributed by atoms with E-state index in [-0.39, 0.29) is 17.7 Å². The summed E-state index contributed by atoms with van der Waals surface area (Å²) in [6, 6.07) is 20.0. The van der Waals surface area contributed by atoms with Crippen molar-refractivity contribution in [3.63, 3.8) is 0 Å². The molecule has 4 aromatic rings. The van der Waals surface area contributed by atoms with Crippen LogP contribution in [0.25, 0.3) is 22.5 Å². The summed E-state index contributed by atoms with van der Waals surface area (Å²) in [6.07, 6.45) is 0. The van der Waals surface area contributed by atoms with Crippen LogP contribution in [0.2, 0.25) is 5.02 Å². The highest BCUT2D eigenvalue weighted by Crippen LogP contribution is 2.19. The van der Waals surface area contributed by atoms with Crippen LogP contribution in [0.15, 0.2) is 82.4 Å². The van der Waals surface area contributed by atoms with Gasteiger partial charge in [-0.05, 0) is 36.4 Å². The number of aromatic nitrogens is 4. The van der Waals surface area contributed by atoms with Crippen molar-refractivity contribution in [3.05, 3.63) is 98.5 Å². The summed E-state index contributed by atoms with van der Waals surface area (Å²) < 4.78 is 1.11. The maximum absolute atomic E-state index is 12.4. The van der Waals surface area contributed by atoms with Crippen LogP contribution in [0, 0.1) is 0 Å². The summed E-state index contributed by atoms with van der Waals surface area (Å²) >= 11 is 5.91. The second-order valence-electron chi connectivity index (χ2n) is 6.65. The van der Waals surface area contributed by atoms with Crippen molar-refractivity contribution in [1.82, 2.24) is 20.0 Å². The van der Waals surface area contributed by atoms with Gasteiger partial charge < -0.3 is 5.32 Å². The van der Waals surface area contributed by atoms with Crippen LogP contribution < -0.4 is 16.4 Å². The zero-order chi connectivity index (χ0) is 21.8. The molecule has 0 spiro atoms. The van der Waals surface area contributed by atoms with E-state index >= 15 is 0 Å². The molecule has 9 heteroatoms. The van der Waals surface area contributed by atoms with E-state index < -0.39 is 5.91 Å². The lowest BCUT2D eigenvalue weighted by molar-refractivity contribution is -0.117. The summed E-state index contributed by atoms with van der Waals surface area (Å²) in [7, 11) is 0. The summed E-state index contributed by atoms with van der Waals surface area (Å²) in [5, 5.41) is 14.0. The van der Waals surface area contributed by atoms with Crippen LogP contribution in [-0.4, -0.2) is 25.9 Å². The zero-order valence-corrected chi connectivity index (χ0v) is 16.8. The highest BCUT2D eigenvalue weighted by atomic mass is 35.5. The number of anilines is 1. The van der Waals surface area contributed by atoms with Crippen molar-refractivity contribution in [2.75, 3.05) is 5.32 Å². The van der Waals surface area contributed by atoms with Gasteiger partial charge in [0, 0.05) is 34.0 Å². The molecule has 0 saturated heterocycles. The lowest BCUT2D eigenvalue weighted by Crippen LogP contribution is -2.29. The van der Waals surface area contributed by atoms with E-state index in [2.05, 4.69) is 20.6 Å². The number of aromatic amines is 1. The Bertz CT molecular complexity index is 1320. The maximum atomic E-state index is 12.4. The molecule has 8 nitrogen and oxygen atoms in total. The maximum Gasteiger partial charge on any atom is 0.267 e. The number of rotatable bonds is 5. The molecule has 0 radical (unpaired) electrons. The Hall–Kier alpha value is -4.04. The number of H-pyrrole nitrogens is 1. The molecule has 4 rings (SSSR count). The predicted molar refractivity (Wildman–Crippen MR) is 118 cm³/mol. The van der Waals surface area contributed by atoms with E-state index in [0.717, 1.165) is 15.8 Å². The minimum atomic E-state index is -0.391. The van der Waals surface area contributed by atoms with Crippen LogP contribution in [-0.2, 0) is 11.3 Å². The van der Waals surface area contributed by atoms with Crippen molar-refractivity contribution >= 4 is 23.2 Å². The smallest absolute Gasteiger partial charge is 0.267 e. The average Bonchev–Trinajstić information content (AvgIpc) is 2.77. The largest absolute Gasteiger partial charge is 0.324 e. The van der Waals surface area contributed by atoms with Gasteiger partial charge >= 0.3 is 0 Å². The number of carbonyl (C=O) groups excluding carboxylic acids is 1. The van der Waals surface area contributed by atoms with E-state index in [1.54, 1.807) is 60.7 Å². The Morgan fingerprint density at radius 1 is 0.871 bits per heavy atom. The fraction of sp³-hybridized carbons (Fsp3) is 0.0455. The van der Waals surface area contributed by atoms with Crippen molar-refractivity contribution in [1.29, 1.82) is 0 Å². The van der Waals surface area contributed by atoms with Crippen LogP contribution in [0.3, 0.4) is 0 Å². The molecule has 1 amide bonds. The molecule has 0 unspecified atom stereocenters. The van der Waals surface area contributed by atoms with E-state index in [1.807, 2.05) is 0 Å². The number of carbonyl (C=O) groups is 1. The molecule has 31 heavy (non-hydrogen) atoms. The van der Waals surface area contributed by atoms with Gasteiger partial charge in [0.05, 0.1) is 11.4 Å².